The molecule has 1 saturated heterocycles. The van der Waals surface area contributed by atoms with Gasteiger partial charge in [-0.15, -0.1) is 0 Å². The molecule has 3 rings (SSSR count). The fourth-order valence-corrected chi connectivity index (χ4v) is 3.39. The first-order chi connectivity index (χ1) is 10.1. The molecular formula is C15H17Cl2NO3. The summed E-state index contributed by atoms with van der Waals surface area (Å²) in [6.45, 7) is 1.25. The Bertz CT molecular complexity index is 544. The normalized spacial score (nSPS) is 24.2. The van der Waals surface area contributed by atoms with Crippen molar-refractivity contribution in [3.8, 4) is 0 Å². The van der Waals surface area contributed by atoms with Gasteiger partial charge in [-0.05, 0) is 31.0 Å². The van der Waals surface area contributed by atoms with Crippen LogP contribution >= 0.6 is 23.2 Å². The third-order valence-electron chi connectivity index (χ3n) is 3.99. The van der Waals surface area contributed by atoms with Gasteiger partial charge in [0.1, 0.15) is 0 Å². The van der Waals surface area contributed by atoms with Crippen molar-refractivity contribution in [2.45, 2.75) is 37.5 Å². The van der Waals surface area contributed by atoms with Crippen molar-refractivity contribution in [1.82, 2.24) is 5.32 Å². The van der Waals surface area contributed by atoms with Crippen LogP contribution in [0.15, 0.2) is 18.2 Å². The molecule has 1 aromatic carbocycles. The second kappa shape index (κ2) is 6.13. The maximum absolute atomic E-state index is 12.4. The van der Waals surface area contributed by atoms with Crippen LogP contribution in [0.25, 0.3) is 0 Å². The molecule has 114 valence electrons. The molecule has 1 N–H and O–H groups in total. The smallest absolute Gasteiger partial charge is 0.253 e. The molecule has 1 atom stereocenters. The summed E-state index contributed by atoms with van der Waals surface area (Å²) in [7, 11) is 0. The Balaban J connectivity index is 1.68. The van der Waals surface area contributed by atoms with E-state index in [0.29, 0.717) is 35.2 Å². The number of hydrogen-bond donors (Lipinski definition) is 1. The number of carbonyl (C=O) groups excluding carboxylic acids is 1. The van der Waals surface area contributed by atoms with E-state index in [2.05, 4.69) is 5.32 Å². The van der Waals surface area contributed by atoms with Crippen molar-refractivity contribution in [2.75, 3.05) is 13.2 Å². The lowest BCUT2D eigenvalue weighted by molar-refractivity contribution is -0.181. The third-order valence-corrected chi connectivity index (χ3v) is 4.55. The van der Waals surface area contributed by atoms with Crippen molar-refractivity contribution < 1.29 is 14.3 Å². The molecule has 2 fully saturated rings. The van der Waals surface area contributed by atoms with E-state index in [9.17, 15) is 4.79 Å². The number of halogens is 2. The van der Waals surface area contributed by atoms with Gasteiger partial charge in [-0.1, -0.05) is 23.2 Å². The summed E-state index contributed by atoms with van der Waals surface area (Å²) in [5.41, 5.74) is 0.400. The maximum atomic E-state index is 12.4. The summed E-state index contributed by atoms with van der Waals surface area (Å²) in [5, 5.41) is 3.90. The molecule has 4 nitrogen and oxygen atoms in total. The number of benzene rings is 1. The van der Waals surface area contributed by atoms with Crippen LogP contribution in [0.2, 0.25) is 10.0 Å². The molecule has 2 aliphatic rings. The van der Waals surface area contributed by atoms with Gasteiger partial charge in [0.05, 0.1) is 23.8 Å². The second-order valence-electron chi connectivity index (χ2n) is 5.50. The van der Waals surface area contributed by atoms with Crippen molar-refractivity contribution in [2.24, 2.45) is 0 Å². The quantitative estimate of drug-likeness (QED) is 0.904. The number of hydrogen-bond acceptors (Lipinski definition) is 3. The second-order valence-corrected chi connectivity index (χ2v) is 6.34. The van der Waals surface area contributed by atoms with Gasteiger partial charge in [0, 0.05) is 23.9 Å². The highest BCUT2D eigenvalue weighted by molar-refractivity contribution is 6.35. The molecule has 0 radical (unpaired) electrons. The summed E-state index contributed by atoms with van der Waals surface area (Å²) >= 11 is 12.0. The number of rotatable bonds is 2. The monoisotopic (exact) mass is 329 g/mol. The molecule has 6 heteroatoms. The van der Waals surface area contributed by atoms with Crippen LogP contribution < -0.4 is 5.32 Å². The van der Waals surface area contributed by atoms with Crippen molar-refractivity contribution in [3.05, 3.63) is 33.8 Å². The number of carbonyl (C=O) groups is 1. The molecule has 1 aliphatic carbocycles. The predicted octanol–water partition coefficient (Wildman–Crippen LogP) is 3.41. The molecule has 1 spiro atoms. The average Bonchev–Trinajstić information content (AvgIpc) is 2.89. The third kappa shape index (κ3) is 3.34. The Labute approximate surface area is 133 Å². The minimum absolute atomic E-state index is 0.0272. The standard InChI is InChI=1S/C15H17Cl2NO3/c16-10-3-4-13(17)12(8-10)14(19)18-11-2-1-5-15(9-11)20-6-7-21-15/h3-4,8,11H,1-2,5-7,9H2,(H,18,19). The van der Waals surface area contributed by atoms with E-state index in [1.54, 1.807) is 18.2 Å². The van der Waals surface area contributed by atoms with E-state index in [-0.39, 0.29) is 11.9 Å². The van der Waals surface area contributed by atoms with Crippen molar-refractivity contribution >= 4 is 29.1 Å². The summed E-state index contributed by atoms with van der Waals surface area (Å²) in [6, 6.07) is 4.90. The van der Waals surface area contributed by atoms with Crippen LogP contribution in [0.5, 0.6) is 0 Å². The van der Waals surface area contributed by atoms with Crippen LogP contribution in [0.4, 0.5) is 0 Å². The predicted molar refractivity (Wildman–Crippen MR) is 80.8 cm³/mol. The van der Waals surface area contributed by atoms with Crippen LogP contribution in [-0.2, 0) is 9.47 Å². The van der Waals surface area contributed by atoms with E-state index < -0.39 is 5.79 Å². The molecule has 0 aromatic heterocycles. The van der Waals surface area contributed by atoms with Crippen LogP contribution in [0.3, 0.4) is 0 Å². The Hall–Kier alpha value is -0.810. The first kappa shape index (κ1) is 15.1. The number of ether oxygens (including phenoxy) is 2. The van der Waals surface area contributed by atoms with Crippen LogP contribution in [0, 0.1) is 0 Å². The average molecular weight is 330 g/mol. The Morgan fingerprint density at radius 3 is 2.81 bits per heavy atom. The first-order valence-electron chi connectivity index (χ1n) is 7.12. The summed E-state index contributed by atoms with van der Waals surface area (Å²) in [6.07, 6.45) is 3.45. The van der Waals surface area contributed by atoms with E-state index in [1.807, 2.05) is 0 Å². The zero-order chi connectivity index (χ0) is 14.9. The van der Waals surface area contributed by atoms with E-state index >= 15 is 0 Å². The minimum Gasteiger partial charge on any atom is -0.349 e. The topological polar surface area (TPSA) is 47.6 Å². The van der Waals surface area contributed by atoms with Gasteiger partial charge in [0.2, 0.25) is 0 Å². The van der Waals surface area contributed by atoms with E-state index in [1.165, 1.54) is 0 Å². The molecular weight excluding hydrogens is 313 g/mol. The van der Waals surface area contributed by atoms with Gasteiger partial charge in [-0.25, -0.2) is 0 Å². The first-order valence-corrected chi connectivity index (χ1v) is 7.87. The molecule has 1 unspecified atom stereocenters. The molecule has 1 saturated carbocycles. The zero-order valence-electron chi connectivity index (χ0n) is 11.5. The highest BCUT2D eigenvalue weighted by Crippen LogP contribution is 2.36. The van der Waals surface area contributed by atoms with E-state index in [0.717, 1.165) is 19.3 Å². The van der Waals surface area contributed by atoms with Gasteiger partial charge in [0.25, 0.3) is 5.91 Å². The fraction of sp³-hybridized carbons (Fsp3) is 0.533. The maximum Gasteiger partial charge on any atom is 0.253 e. The van der Waals surface area contributed by atoms with Crippen LogP contribution in [-0.4, -0.2) is 30.9 Å². The fourth-order valence-electron chi connectivity index (χ4n) is 3.01. The van der Waals surface area contributed by atoms with Gasteiger partial charge >= 0.3 is 0 Å². The molecule has 1 aliphatic heterocycles. The molecule has 0 bridgehead atoms. The highest BCUT2D eigenvalue weighted by Gasteiger charge is 2.41. The Morgan fingerprint density at radius 1 is 1.29 bits per heavy atom. The summed E-state index contributed by atoms with van der Waals surface area (Å²) in [4.78, 5) is 12.4. The Kier molecular flexibility index (Phi) is 4.41. The lowest BCUT2D eigenvalue weighted by atomic mass is 9.89. The number of nitrogens with one attached hydrogen (secondary N) is 1. The van der Waals surface area contributed by atoms with Gasteiger partial charge in [0.15, 0.2) is 5.79 Å². The Morgan fingerprint density at radius 2 is 2.05 bits per heavy atom. The van der Waals surface area contributed by atoms with E-state index in [4.69, 9.17) is 32.7 Å². The molecule has 1 aromatic rings. The SMILES string of the molecule is O=C(NC1CCCC2(C1)OCCO2)c1cc(Cl)ccc1Cl. The lowest BCUT2D eigenvalue weighted by Gasteiger charge is -2.36. The molecule has 1 heterocycles. The summed E-state index contributed by atoms with van der Waals surface area (Å²) in [5.74, 6) is -0.712. The lowest BCUT2D eigenvalue weighted by Crippen LogP contribution is -2.46. The minimum atomic E-state index is -0.506. The van der Waals surface area contributed by atoms with Gasteiger partial charge in [-0.2, -0.15) is 0 Å². The number of amides is 1. The van der Waals surface area contributed by atoms with Crippen LogP contribution in [0.1, 0.15) is 36.0 Å². The largest absolute Gasteiger partial charge is 0.349 e. The molecule has 1 amide bonds. The van der Waals surface area contributed by atoms with Gasteiger partial charge < -0.3 is 14.8 Å². The molecule has 21 heavy (non-hydrogen) atoms. The van der Waals surface area contributed by atoms with Gasteiger partial charge in [-0.3, -0.25) is 4.79 Å². The van der Waals surface area contributed by atoms with Crippen molar-refractivity contribution in [1.29, 1.82) is 0 Å². The highest BCUT2D eigenvalue weighted by atomic mass is 35.5. The summed E-state index contributed by atoms with van der Waals surface area (Å²) < 4.78 is 11.4. The van der Waals surface area contributed by atoms with Crippen molar-refractivity contribution in [3.63, 3.8) is 0 Å². The zero-order valence-corrected chi connectivity index (χ0v) is 13.0.